The van der Waals surface area contributed by atoms with Crippen molar-refractivity contribution in [3.63, 3.8) is 0 Å². The van der Waals surface area contributed by atoms with E-state index < -0.39 is 0 Å². The van der Waals surface area contributed by atoms with E-state index in [2.05, 4.69) is 15.6 Å². The Hall–Kier alpha value is -1.62. The Kier molecular flexibility index (Phi) is 4.56. The van der Waals surface area contributed by atoms with Gasteiger partial charge < -0.3 is 15.4 Å². The van der Waals surface area contributed by atoms with Crippen LogP contribution in [0.2, 0.25) is 0 Å². The van der Waals surface area contributed by atoms with Crippen molar-refractivity contribution in [2.24, 2.45) is 0 Å². The van der Waals surface area contributed by atoms with Gasteiger partial charge in [0.05, 0.1) is 13.3 Å². The highest BCUT2D eigenvalue weighted by Crippen LogP contribution is 2.21. The van der Waals surface area contributed by atoms with E-state index in [1.807, 2.05) is 0 Å². The second kappa shape index (κ2) is 5.98. The highest BCUT2D eigenvalue weighted by Gasteiger charge is 2.06. The van der Waals surface area contributed by atoms with E-state index in [0.717, 1.165) is 0 Å². The summed E-state index contributed by atoms with van der Waals surface area (Å²) >= 11 is 0. The van der Waals surface area contributed by atoms with Gasteiger partial charge in [0.15, 0.2) is 0 Å². The number of anilines is 1. The van der Waals surface area contributed by atoms with Crippen molar-refractivity contribution in [2.75, 3.05) is 26.0 Å². The van der Waals surface area contributed by atoms with Crippen LogP contribution in [0.4, 0.5) is 5.69 Å². The molecule has 1 heterocycles. The highest BCUT2D eigenvalue weighted by molar-refractivity contribution is 5.92. The highest BCUT2D eigenvalue weighted by atomic mass is 16.5. The molecule has 0 aliphatic heterocycles. The molecule has 1 rings (SSSR count). The summed E-state index contributed by atoms with van der Waals surface area (Å²) in [6.07, 6.45) is 3.60. The molecular formula is C10H15N3O2. The maximum absolute atomic E-state index is 11.4. The number of amides is 1. The third-order valence-electron chi connectivity index (χ3n) is 1.88. The molecule has 0 saturated heterocycles. The van der Waals surface area contributed by atoms with Crippen molar-refractivity contribution in [1.82, 2.24) is 10.3 Å². The molecule has 5 heteroatoms. The molecule has 15 heavy (non-hydrogen) atoms. The van der Waals surface area contributed by atoms with Crippen LogP contribution in [0.3, 0.4) is 0 Å². The summed E-state index contributed by atoms with van der Waals surface area (Å²) in [7, 11) is 3.36. The van der Waals surface area contributed by atoms with Crippen molar-refractivity contribution in [3.05, 3.63) is 18.5 Å². The minimum absolute atomic E-state index is 0.0596. The van der Waals surface area contributed by atoms with Crippen LogP contribution in [0, 0.1) is 0 Å². The van der Waals surface area contributed by atoms with Crippen molar-refractivity contribution in [1.29, 1.82) is 0 Å². The van der Waals surface area contributed by atoms with Crippen LogP contribution >= 0.6 is 0 Å². The Balaban J connectivity index is 2.59. The van der Waals surface area contributed by atoms with E-state index in [1.54, 1.807) is 32.6 Å². The maximum atomic E-state index is 11.4. The number of carbonyl (C=O) groups is 1. The first-order chi connectivity index (χ1) is 7.27. The molecule has 0 radical (unpaired) electrons. The van der Waals surface area contributed by atoms with Crippen LogP contribution in [0.1, 0.15) is 6.42 Å². The van der Waals surface area contributed by atoms with Crippen molar-refractivity contribution in [2.45, 2.75) is 6.42 Å². The summed E-state index contributed by atoms with van der Waals surface area (Å²) in [5, 5.41) is 5.64. The smallest absolute Gasteiger partial charge is 0.225 e. The predicted octanol–water partition coefficient (Wildman–Crippen LogP) is 0.638. The lowest BCUT2D eigenvalue weighted by molar-refractivity contribution is -0.116. The molecule has 0 aliphatic rings. The van der Waals surface area contributed by atoms with Gasteiger partial charge in [0.25, 0.3) is 0 Å². The second-order valence-corrected chi connectivity index (χ2v) is 2.98. The standard InChI is InChI=1S/C10H15N3O2/c1-11-5-4-10(14)13-8-7-12-6-3-9(8)15-2/h3,6-7,11H,4-5H2,1-2H3,(H,13,14). The molecule has 0 bridgehead atoms. The van der Waals surface area contributed by atoms with E-state index in [-0.39, 0.29) is 5.91 Å². The molecule has 1 aromatic rings. The monoisotopic (exact) mass is 209 g/mol. The fraction of sp³-hybridized carbons (Fsp3) is 0.400. The summed E-state index contributed by atoms with van der Waals surface area (Å²) in [5.41, 5.74) is 0.598. The molecule has 0 fully saturated rings. The summed E-state index contributed by atoms with van der Waals surface area (Å²) in [6, 6.07) is 1.70. The van der Waals surface area contributed by atoms with Gasteiger partial charge in [-0.25, -0.2) is 0 Å². The molecule has 1 aromatic heterocycles. The van der Waals surface area contributed by atoms with Gasteiger partial charge in [-0.1, -0.05) is 0 Å². The van der Waals surface area contributed by atoms with Crippen molar-refractivity contribution >= 4 is 11.6 Å². The second-order valence-electron chi connectivity index (χ2n) is 2.98. The van der Waals surface area contributed by atoms with Gasteiger partial charge in [0.1, 0.15) is 11.4 Å². The molecule has 0 aliphatic carbocycles. The lowest BCUT2D eigenvalue weighted by Crippen LogP contribution is -2.19. The first-order valence-corrected chi connectivity index (χ1v) is 4.70. The van der Waals surface area contributed by atoms with Crippen LogP contribution < -0.4 is 15.4 Å². The number of nitrogens with zero attached hydrogens (tertiary/aromatic N) is 1. The molecule has 0 atom stereocenters. The Morgan fingerprint density at radius 3 is 3.07 bits per heavy atom. The van der Waals surface area contributed by atoms with Crippen LogP contribution in [-0.4, -0.2) is 31.6 Å². The topological polar surface area (TPSA) is 63.2 Å². The van der Waals surface area contributed by atoms with Crippen LogP contribution in [-0.2, 0) is 4.79 Å². The third-order valence-corrected chi connectivity index (χ3v) is 1.88. The minimum Gasteiger partial charge on any atom is -0.494 e. The first kappa shape index (κ1) is 11.5. The average Bonchev–Trinajstić information content (AvgIpc) is 2.27. The predicted molar refractivity (Wildman–Crippen MR) is 58.0 cm³/mol. The number of aromatic nitrogens is 1. The molecular weight excluding hydrogens is 194 g/mol. The lowest BCUT2D eigenvalue weighted by Gasteiger charge is -2.08. The van der Waals surface area contributed by atoms with Crippen molar-refractivity contribution < 1.29 is 9.53 Å². The SMILES string of the molecule is CNCCC(=O)Nc1cnccc1OC. The maximum Gasteiger partial charge on any atom is 0.225 e. The van der Waals surface area contributed by atoms with E-state index >= 15 is 0 Å². The Bertz CT molecular complexity index is 328. The Morgan fingerprint density at radius 1 is 1.60 bits per heavy atom. The molecule has 0 unspecified atom stereocenters. The normalized spacial score (nSPS) is 9.73. The van der Waals surface area contributed by atoms with Gasteiger partial charge in [-0.05, 0) is 7.05 Å². The van der Waals surface area contributed by atoms with E-state index in [4.69, 9.17) is 4.74 Å². The van der Waals surface area contributed by atoms with E-state index in [1.165, 1.54) is 0 Å². The molecule has 0 saturated carbocycles. The zero-order chi connectivity index (χ0) is 11.1. The average molecular weight is 209 g/mol. The quantitative estimate of drug-likeness (QED) is 0.747. The molecule has 1 amide bonds. The number of rotatable bonds is 5. The van der Waals surface area contributed by atoms with Gasteiger partial charge >= 0.3 is 0 Å². The summed E-state index contributed by atoms with van der Waals surface area (Å²) in [4.78, 5) is 15.3. The van der Waals surface area contributed by atoms with Gasteiger partial charge in [-0.2, -0.15) is 0 Å². The van der Waals surface area contributed by atoms with E-state index in [9.17, 15) is 4.79 Å². The molecule has 5 nitrogen and oxygen atoms in total. The molecule has 0 aromatic carbocycles. The van der Waals surface area contributed by atoms with Gasteiger partial charge in [-0.15, -0.1) is 0 Å². The number of hydrogen-bond donors (Lipinski definition) is 2. The van der Waals surface area contributed by atoms with Gasteiger partial charge in [0.2, 0.25) is 5.91 Å². The van der Waals surface area contributed by atoms with E-state index in [0.29, 0.717) is 24.4 Å². The number of nitrogens with one attached hydrogen (secondary N) is 2. The Labute approximate surface area is 88.9 Å². The largest absolute Gasteiger partial charge is 0.494 e. The van der Waals surface area contributed by atoms with Crippen LogP contribution in [0.25, 0.3) is 0 Å². The first-order valence-electron chi connectivity index (χ1n) is 4.70. The zero-order valence-corrected chi connectivity index (χ0v) is 8.91. The number of pyridine rings is 1. The van der Waals surface area contributed by atoms with Crippen LogP contribution in [0.15, 0.2) is 18.5 Å². The van der Waals surface area contributed by atoms with Gasteiger partial charge in [0, 0.05) is 25.2 Å². The Morgan fingerprint density at radius 2 is 2.40 bits per heavy atom. The molecule has 82 valence electrons. The third kappa shape index (κ3) is 3.55. The fourth-order valence-electron chi connectivity index (χ4n) is 1.10. The number of hydrogen-bond acceptors (Lipinski definition) is 4. The number of carbonyl (C=O) groups excluding carboxylic acids is 1. The zero-order valence-electron chi connectivity index (χ0n) is 8.91. The van der Waals surface area contributed by atoms with Gasteiger partial charge in [-0.3, -0.25) is 9.78 Å². The summed E-state index contributed by atoms with van der Waals surface area (Å²) < 4.78 is 5.08. The lowest BCUT2D eigenvalue weighted by atomic mass is 10.3. The van der Waals surface area contributed by atoms with Crippen LogP contribution in [0.5, 0.6) is 5.75 Å². The molecule has 0 spiro atoms. The number of methoxy groups -OCH3 is 1. The molecule has 2 N–H and O–H groups in total. The minimum atomic E-state index is -0.0596. The summed E-state index contributed by atoms with van der Waals surface area (Å²) in [5.74, 6) is 0.554. The fourth-order valence-corrected chi connectivity index (χ4v) is 1.10. The summed E-state index contributed by atoms with van der Waals surface area (Å²) in [6.45, 7) is 0.647. The number of ether oxygens (including phenoxy) is 1. The van der Waals surface area contributed by atoms with Crippen molar-refractivity contribution in [3.8, 4) is 5.75 Å².